The fourth-order valence-corrected chi connectivity index (χ4v) is 6.25. The average Bonchev–Trinajstić information content (AvgIpc) is 2.83. The molecule has 4 aliphatic rings. The van der Waals surface area contributed by atoms with E-state index in [4.69, 9.17) is 4.74 Å². The molecule has 0 radical (unpaired) electrons. The Bertz CT molecular complexity index is 915. The summed E-state index contributed by atoms with van der Waals surface area (Å²) in [5.41, 5.74) is 2.98. The van der Waals surface area contributed by atoms with Crippen molar-refractivity contribution in [3.05, 3.63) is 72.3 Å². The number of aliphatic hydroxyl groups is 1. The van der Waals surface area contributed by atoms with E-state index in [1.807, 2.05) is 6.07 Å². The van der Waals surface area contributed by atoms with Crippen LogP contribution in [0.1, 0.15) is 30.4 Å². The molecule has 3 saturated heterocycles. The molecule has 30 heavy (non-hydrogen) atoms. The number of piperidine rings is 3. The van der Waals surface area contributed by atoms with Crippen molar-refractivity contribution in [2.75, 3.05) is 32.1 Å². The molecule has 0 aromatic heterocycles. The maximum atomic E-state index is 12.2. The van der Waals surface area contributed by atoms with Crippen molar-refractivity contribution in [2.45, 2.75) is 36.8 Å². The van der Waals surface area contributed by atoms with E-state index in [9.17, 15) is 5.11 Å². The predicted molar refractivity (Wildman–Crippen MR) is 121 cm³/mol. The zero-order chi connectivity index (χ0) is 20.7. The summed E-state index contributed by atoms with van der Waals surface area (Å²) in [5, 5.41) is 15.7. The molecular formula is C26H32N2O2. The Morgan fingerprint density at radius 1 is 1.27 bits per heavy atom. The van der Waals surface area contributed by atoms with Crippen LogP contribution in [0.25, 0.3) is 0 Å². The number of hydrogen-bond acceptors (Lipinski definition) is 4. The van der Waals surface area contributed by atoms with Gasteiger partial charge in [-0.2, -0.15) is 0 Å². The third kappa shape index (κ3) is 2.97. The molecule has 0 aliphatic carbocycles. The molecule has 3 unspecified atom stereocenters. The highest BCUT2D eigenvalue weighted by atomic mass is 16.5. The highest BCUT2D eigenvalue weighted by Crippen LogP contribution is 2.50. The van der Waals surface area contributed by atoms with Crippen LogP contribution in [0, 0.1) is 11.8 Å². The quantitative estimate of drug-likeness (QED) is 0.738. The number of aliphatic hydroxyl groups excluding tert-OH is 1. The standard InChI is InChI=1S/C26H32N2O2/c1-3-18-17-28-14-11-19(18)15-24(28)25(29)26(20-7-5-4-6-8-20)12-13-27-23-10-9-21(30-2)16-22(23)26/h3-10,16,18-19,24-25,27,29H,1,11-15,17H2,2H3/t18?,19?,24-,25-,26-/m0/s1. The van der Waals surface area contributed by atoms with E-state index < -0.39 is 11.5 Å². The first-order valence-electron chi connectivity index (χ1n) is 11.2. The van der Waals surface area contributed by atoms with Gasteiger partial charge in [0.05, 0.1) is 18.6 Å². The number of rotatable bonds is 5. The van der Waals surface area contributed by atoms with Crippen molar-refractivity contribution in [2.24, 2.45) is 11.8 Å². The van der Waals surface area contributed by atoms with E-state index >= 15 is 0 Å². The Morgan fingerprint density at radius 3 is 2.80 bits per heavy atom. The van der Waals surface area contributed by atoms with Crippen molar-refractivity contribution in [3.63, 3.8) is 0 Å². The molecule has 3 fully saturated rings. The molecule has 6 rings (SSSR count). The van der Waals surface area contributed by atoms with E-state index in [0.29, 0.717) is 11.8 Å². The van der Waals surface area contributed by atoms with Crippen LogP contribution in [0.5, 0.6) is 5.75 Å². The number of ether oxygens (including phenoxy) is 1. The Labute approximate surface area is 179 Å². The number of benzene rings is 2. The largest absolute Gasteiger partial charge is 0.497 e. The molecule has 2 aromatic rings. The summed E-state index contributed by atoms with van der Waals surface area (Å²) in [7, 11) is 1.71. The molecule has 4 heteroatoms. The van der Waals surface area contributed by atoms with Crippen LogP contribution in [0.2, 0.25) is 0 Å². The first-order valence-corrected chi connectivity index (χ1v) is 11.2. The summed E-state index contributed by atoms with van der Waals surface area (Å²) in [4.78, 5) is 2.52. The molecule has 4 nitrogen and oxygen atoms in total. The van der Waals surface area contributed by atoms with Gasteiger partial charge in [-0.3, -0.25) is 4.90 Å². The smallest absolute Gasteiger partial charge is 0.119 e. The van der Waals surface area contributed by atoms with Crippen molar-refractivity contribution in [1.82, 2.24) is 4.90 Å². The molecule has 0 spiro atoms. The minimum Gasteiger partial charge on any atom is -0.497 e. The van der Waals surface area contributed by atoms with Gasteiger partial charge in [0.1, 0.15) is 5.75 Å². The molecule has 4 aliphatic heterocycles. The highest BCUT2D eigenvalue weighted by Gasteiger charge is 2.52. The van der Waals surface area contributed by atoms with Crippen molar-refractivity contribution in [1.29, 1.82) is 0 Å². The van der Waals surface area contributed by atoms with Gasteiger partial charge in [0.25, 0.3) is 0 Å². The van der Waals surface area contributed by atoms with Gasteiger partial charge >= 0.3 is 0 Å². The Balaban J connectivity index is 1.63. The summed E-state index contributed by atoms with van der Waals surface area (Å²) in [6.07, 6.45) is 4.75. The highest BCUT2D eigenvalue weighted by molar-refractivity contribution is 5.63. The van der Waals surface area contributed by atoms with Gasteiger partial charge in [0.2, 0.25) is 0 Å². The first-order chi connectivity index (χ1) is 14.7. The second-order valence-corrected chi connectivity index (χ2v) is 9.12. The Morgan fingerprint density at radius 2 is 2.10 bits per heavy atom. The van der Waals surface area contributed by atoms with Crippen LogP contribution in [-0.2, 0) is 5.41 Å². The van der Waals surface area contributed by atoms with Crippen molar-refractivity contribution >= 4 is 5.69 Å². The SMILES string of the molecule is C=CC1CN2CCC1C[C@H]2[C@H](O)[C@]1(c2ccccc2)CCNc2ccc(OC)cc21. The monoisotopic (exact) mass is 404 g/mol. The summed E-state index contributed by atoms with van der Waals surface area (Å²) in [6.45, 7) is 7.00. The number of nitrogens with one attached hydrogen (secondary N) is 1. The van der Waals surface area contributed by atoms with Crippen molar-refractivity contribution in [3.8, 4) is 5.75 Å². The third-order valence-corrected chi connectivity index (χ3v) is 7.85. The summed E-state index contributed by atoms with van der Waals surface area (Å²) in [5.74, 6) is 2.02. The lowest BCUT2D eigenvalue weighted by atomic mass is 9.61. The van der Waals surface area contributed by atoms with Gasteiger partial charge in [-0.25, -0.2) is 0 Å². The maximum absolute atomic E-state index is 12.2. The topological polar surface area (TPSA) is 44.7 Å². The molecule has 2 N–H and O–H groups in total. The minimum absolute atomic E-state index is 0.164. The predicted octanol–water partition coefficient (Wildman–Crippen LogP) is 4.05. The number of nitrogens with zero attached hydrogens (tertiary/aromatic N) is 1. The van der Waals surface area contributed by atoms with Gasteiger partial charge in [-0.05, 0) is 67.0 Å². The second kappa shape index (κ2) is 7.75. The summed E-state index contributed by atoms with van der Waals surface area (Å²) >= 11 is 0. The lowest BCUT2D eigenvalue weighted by molar-refractivity contribution is -0.0669. The van der Waals surface area contributed by atoms with Gasteiger partial charge in [-0.1, -0.05) is 36.4 Å². The zero-order valence-electron chi connectivity index (χ0n) is 17.8. The number of anilines is 1. The van der Waals surface area contributed by atoms with E-state index in [1.54, 1.807) is 7.11 Å². The molecule has 0 amide bonds. The van der Waals surface area contributed by atoms with E-state index in [2.05, 4.69) is 65.3 Å². The van der Waals surface area contributed by atoms with Gasteiger partial charge < -0.3 is 15.2 Å². The summed E-state index contributed by atoms with van der Waals surface area (Å²) < 4.78 is 5.58. The third-order valence-electron chi connectivity index (χ3n) is 7.85. The molecule has 4 heterocycles. The van der Waals surface area contributed by atoms with E-state index in [1.165, 1.54) is 12.0 Å². The first kappa shape index (κ1) is 19.7. The molecule has 158 valence electrons. The second-order valence-electron chi connectivity index (χ2n) is 9.12. The fraction of sp³-hybridized carbons (Fsp3) is 0.462. The van der Waals surface area contributed by atoms with Gasteiger partial charge in [0, 0.05) is 24.8 Å². The number of methoxy groups -OCH3 is 1. The Hall–Kier alpha value is -2.30. The normalized spacial score (nSPS) is 33.3. The lowest BCUT2D eigenvalue weighted by Gasteiger charge is -2.55. The van der Waals surface area contributed by atoms with Crippen LogP contribution in [0.3, 0.4) is 0 Å². The van der Waals surface area contributed by atoms with Gasteiger partial charge in [-0.15, -0.1) is 6.58 Å². The zero-order valence-corrected chi connectivity index (χ0v) is 17.8. The van der Waals surface area contributed by atoms with Crippen LogP contribution in [0.15, 0.2) is 61.2 Å². The maximum Gasteiger partial charge on any atom is 0.119 e. The Kier molecular flexibility index (Phi) is 5.08. The lowest BCUT2D eigenvalue weighted by Crippen LogP contribution is -2.62. The number of hydrogen-bond donors (Lipinski definition) is 2. The van der Waals surface area contributed by atoms with Crippen molar-refractivity contribution < 1.29 is 9.84 Å². The molecule has 0 saturated carbocycles. The molecular weight excluding hydrogens is 372 g/mol. The fourth-order valence-electron chi connectivity index (χ4n) is 6.25. The molecule has 2 aromatic carbocycles. The van der Waals surface area contributed by atoms with E-state index in [-0.39, 0.29) is 6.04 Å². The van der Waals surface area contributed by atoms with Crippen LogP contribution >= 0.6 is 0 Å². The van der Waals surface area contributed by atoms with Gasteiger partial charge in [0.15, 0.2) is 0 Å². The summed E-state index contributed by atoms with van der Waals surface area (Å²) in [6, 6.07) is 17.0. The van der Waals surface area contributed by atoms with Crippen LogP contribution < -0.4 is 10.1 Å². The molecule has 6 atom stereocenters. The van der Waals surface area contributed by atoms with Crippen LogP contribution in [-0.4, -0.2) is 48.9 Å². The van der Waals surface area contributed by atoms with E-state index in [0.717, 1.165) is 49.5 Å². The molecule has 2 bridgehead atoms. The van der Waals surface area contributed by atoms with Crippen LogP contribution in [0.4, 0.5) is 5.69 Å². The minimum atomic E-state index is -0.485. The average molecular weight is 405 g/mol. The number of fused-ring (bicyclic) bond motifs is 4.